The van der Waals surface area contributed by atoms with Crippen molar-refractivity contribution in [2.24, 2.45) is 0 Å². The molecular weight excluding hydrogens is 302 g/mol. The van der Waals surface area contributed by atoms with E-state index >= 15 is 0 Å². The summed E-state index contributed by atoms with van der Waals surface area (Å²) in [6.45, 7) is 0. The van der Waals surface area contributed by atoms with Gasteiger partial charge in [-0.2, -0.15) is 0 Å². The Morgan fingerprint density at radius 1 is 1.25 bits per heavy atom. The highest BCUT2D eigenvalue weighted by Crippen LogP contribution is 2.35. The smallest absolute Gasteiger partial charge is 0.276 e. The number of pyridine rings is 1. The lowest BCUT2D eigenvalue weighted by Gasteiger charge is -2.24. The first-order valence-corrected chi connectivity index (χ1v) is 7.96. The first-order valence-electron chi connectivity index (χ1n) is 7.96. The van der Waals surface area contributed by atoms with Gasteiger partial charge in [-0.1, -0.05) is 29.4 Å². The molecule has 1 aromatic carbocycles. The molecule has 1 amide bonds. The number of aryl methyl sites for hydroxylation is 1. The Morgan fingerprint density at radius 2 is 2.12 bits per heavy atom. The molecule has 3 aromatic rings. The fourth-order valence-corrected chi connectivity index (χ4v) is 3.28. The highest BCUT2D eigenvalue weighted by atomic mass is 16.5. The van der Waals surface area contributed by atoms with E-state index in [1.54, 1.807) is 23.4 Å². The van der Waals surface area contributed by atoms with Crippen LogP contribution in [0.2, 0.25) is 0 Å². The lowest BCUT2D eigenvalue weighted by atomic mass is 10.1. The Morgan fingerprint density at radius 3 is 2.96 bits per heavy atom. The summed E-state index contributed by atoms with van der Waals surface area (Å²) in [6.07, 6.45) is 5.32. The average molecular weight is 319 g/mol. The molecular formula is C19H17N3O2. The zero-order valence-corrected chi connectivity index (χ0v) is 13.3. The number of carbonyl (C=O) groups is 1. The molecule has 0 N–H and O–H groups in total. The number of benzene rings is 1. The highest BCUT2D eigenvalue weighted by molar-refractivity contribution is 5.93. The van der Waals surface area contributed by atoms with Crippen LogP contribution in [-0.4, -0.2) is 28.0 Å². The van der Waals surface area contributed by atoms with E-state index in [4.69, 9.17) is 4.52 Å². The number of carbonyl (C=O) groups excluding carboxylic acids is 1. The van der Waals surface area contributed by atoms with Gasteiger partial charge in [0.25, 0.3) is 5.91 Å². The van der Waals surface area contributed by atoms with Gasteiger partial charge in [-0.05, 0) is 36.1 Å². The third-order valence-corrected chi connectivity index (χ3v) is 4.56. The molecule has 2 heterocycles. The van der Waals surface area contributed by atoms with Gasteiger partial charge in [0.1, 0.15) is 0 Å². The van der Waals surface area contributed by atoms with Gasteiger partial charge in [-0.15, -0.1) is 0 Å². The van der Waals surface area contributed by atoms with Crippen LogP contribution in [0.3, 0.4) is 0 Å². The maximum Gasteiger partial charge on any atom is 0.276 e. The third-order valence-electron chi connectivity index (χ3n) is 4.56. The minimum Gasteiger partial charge on any atom is -0.355 e. The second-order valence-electron chi connectivity index (χ2n) is 5.99. The Labute approximate surface area is 139 Å². The summed E-state index contributed by atoms with van der Waals surface area (Å²) in [5.41, 5.74) is 3.67. The first kappa shape index (κ1) is 14.6. The molecule has 0 saturated carbocycles. The predicted molar refractivity (Wildman–Crippen MR) is 89.3 cm³/mol. The van der Waals surface area contributed by atoms with Crippen molar-refractivity contribution in [3.05, 3.63) is 71.7 Å². The molecule has 0 saturated heterocycles. The van der Waals surface area contributed by atoms with E-state index in [2.05, 4.69) is 22.3 Å². The molecule has 0 bridgehead atoms. The van der Waals surface area contributed by atoms with Crippen molar-refractivity contribution in [2.45, 2.75) is 18.9 Å². The Kier molecular flexibility index (Phi) is 3.61. The molecule has 4 rings (SSSR count). The summed E-state index contributed by atoms with van der Waals surface area (Å²) in [5.74, 6) is 0.419. The molecule has 5 heteroatoms. The van der Waals surface area contributed by atoms with Crippen LogP contribution in [0.15, 0.2) is 59.4 Å². The van der Waals surface area contributed by atoms with E-state index < -0.39 is 0 Å². The van der Waals surface area contributed by atoms with Crippen LogP contribution in [0.1, 0.15) is 34.1 Å². The second-order valence-corrected chi connectivity index (χ2v) is 5.99. The normalized spacial score (nSPS) is 16.0. The lowest BCUT2D eigenvalue weighted by Crippen LogP contribution is -2.30. The number of aromatic nitrogens is 2. The van der Waals surface area contributed by atoms with Crippen LogP contribution in [0.25, 0.3) is 11.3 Å². The van der Waals surface area contributed by atoms with Crippen molar-refractivity contribution in [3.8, 4) is 11.3 Å². The molecule has 24 heavy (non-hydrogen) atoms. The summed E-state index contributed by atoms with van der Waals surface area (Å²) in [7, 11) is 1.83. The zero-order valence-electron chi connectivity index (χ0n) is 13.3. The monoisotopic (exact) mass is 319 g/mol. The molecule has 0 spiro atoms. The Balaban J connectivity index is 1.57. The van der Waals surface area contributed by atoms with Crippen LogP contribution in [0, 0.1) is 0 Å². The number of fused-ring (bicyclic) bond motifs is 1. The van der Waals surface area contributed by atoms with Crippen molar-refractivity contribution in [1.82, 2.24) is 15.0 Å². The van der Waals surface area contributed by atoms with Crippen molar-refractivity contribution in [1.29, 1.82) is 0 Å². The molecule has 1 aliphatic rings. The number of nitrogens with zero attached hydrogens (tertiary/aromatic N) is 3. The van der Waals surface area contributed by atoms with Crippen molar-refractivity contribution >= 4 is 5.91 Å². The van der Waals surface area contributed by atoms with E-state index in [9.17, 15) is 4.79 Å². The van der Waals surface area contributed by atoms with Crippen LogP contribution in [0.5, 0.6) is 0 Å². The Bertz CT molecular complexity index is 873. The Hall–Kier alpha value is -2.95. The van der Waals surface area contributed by atoms with Crippen molar-refractivity contribution < 1.29 is 9.32 Å². The molecule has 2 aromatic heterocycles. The van der Waals surface area contributed by atoms with Crippen molar-refractivity contribution in [2.75, 3.05) is 7.05 Å². The quantitative estimate of drug-likeness (QED) is 0.741. The van der Waals surface area contributed by atoms with Crippen molar-refractivity contribution in [3.63, 3.8) is 0 Å². The maximum atomic E-state index is 12.8. The van der Waals surface area contributed by atoms with Crippen LogP contribution in [-0.2, 0) is 6.42 Å². The second kappa shape index (κ2) is 5.92. The zero-order chi connectivity index (χ0) is 16.5. The van der Waals surface area contributed by atoms with Crippen LogP contribution < -0.4 is 0 Å². The van der Waals surface area contributed by atoms with Crippen LogP contribution >= 0.6 is 0 Å². The predicted octanol–water partition coefficient (Wildman–Crippen LogP) is 3.50. The van der Waals surface area contributed by atoms with E-state index in [0.29, 0.717) is 11.5 Å². The fraction of sp³-hybridized carbons (Fsp3) is 0.211. The van der Waals surface area contributed by atoms with E-state index in [1.807, 2.05) is 31.3 Å². The number of amides is 1. The van der Waals surface area contributed by atoms with Gasteiger partial charge in [-0.25, -0.2) is 0 Å². The fourth-order valence-electron chi connectivity index (χ4n) is 3.28. The molecule has 5 nitrogen and oxygen atoms in total. The minimum absolute atomic E-state index is 0.0900. The SMILES string of the molecule is CN(C(=O)c1cc(-c2cccnc2)on1)[C@@H]1CCc2ccccc21. The first-order chi connectivity index (χ1) is 11.7. The van der Waals surface area contributed by atoms with Gasteiger partial charge in [0.15, 0.2) is 11.5 Å². The number of hydrogen-bond acceptors (Lipinski definition) is 4. The molecule has 0 unspecified atom stereocenters. The van der Waals surface area contributed by atoms with Gasteiger partial charge >= 0.3 is 0 Å². The van der Waals surface area contributed by atoms with Gasteiger partial charge in [-0.3, -0.25) is 9.78 Å². The van der Waals surface area contributed by atoms with Gasteiger partial charge in [0.05, 0.1) is 6.04 Å². The average Bonchev–Trinajstić information content (AvgIpc) is 3.28. The minimum atomic E-state index is -0.129. The maximum absolute atomic E-state index is 12.8. The third kappa shape index (κ3) is 2.48. The standard InChI is InChI=1S/C19H17N3O2/c1-22(17-9-8-13-5-2-3-7-15(13)17)19(23)16-11-18(24-21-16)14-6-4-10-20-12-14/h2-7,10-12,17H,8-9H2,1H3/t17-/m1/s1. The summed E-state index contributed by atoms with van der Waals surface area (Å²) < 4.78 is 5.32. The number of rotatable bonds is 3. The summed E-state index contributed by atoms with van der Waals surface area (Å²) in [6, 6.07) is 13.8. The summed E-state index contributed by atoms with van der Waals surface area (Å²) in [4.78, 5) is 18.6. The molecule has 120 valence electrons. The summed E-state index contributed by atoms with van der Waals surface area (Å²) >= 11 is 0. The van der Waals surface area contributed by atoms with E-state index in [1.165, 1.54) is 11.1 Å². The van der Waals surface area contributed by atoms with Gasteiger partial charge < -0.3 is 9.42 Å². The molecule has 1 atom stereocenters. The number of hydrogen-bond donors (Lipinski definition) is 0. The molecule has 0 radical (unpaired) electrons. The molecule has 1 aliphatic carbocycles. The lowest BCUT2D eigenvalue weighted by molar-refractivity contribution is 0.0720. The molecule has 0 fully saturated rings. The highest BCUT2D eigenvalue weighted by Gasteiger charge is 2.30. The largest absolute Gasteiger partial charge is 0.355 e. The van der Waals surface area contributed by atoms with Gasteiger partial charge in [0.2, 0.25) is 0 Å². The van der Waals surface area contributed by atoms with Gasteiger partial charge in [0, 0.05) is 31.1 Å². The van der Waals surface area contributed by atoms with E-state index in [-0.39, 0.29) is 11.9 Å². The summed E-state index contributed by atoms with van der Waals surface area (Å²) in [5, 5.41) is 3.95. The van der Waals surface area contributed by atoms with E-state index in [0.717, 1.165) is 18.4 Å². The van der Waals surface area contributed by atoms with Crippen LogP contribution in [0.4, 0.5) is 0 Å². The topological polar surface area (TPSA) is 59.2 Å². The molecule has 0 aliphatic heterocycles.